The Labute approximate surface area is 136 Å². The molecule has 1 aliphatic carbocycles. The van der Waals surface area contributed by atoms with E-state index in [1.54, 1.807) is 6.92 Å². The molecule has 0 aromatic heterocycles. The fraction of sp³-hybridized carbons (Fsp3) is 0.812. The van der Waals surface area contributed by atoms with Crippen molar-refractivity contribution >= 4 is 28.8 Å². The van der Waals surface area contributed by atoms with Crippen molar-refractivity contribution in [1.29, 1.82) is 0 Å². The van der Waals surface area contributed by atoms with E-state index in [9.17, 15) is 14.4 Å². The number of hydrogen-bond acceptors (Lipinski definition) is 5. The molecular weight excluding hydrogens is 302 g/mol. The summed E-state index contributed by atoms with van der Waals surface area (Å²) in [4.78, 5) is 35.3. The summed E-state index contributed by atoms with van der Waals surface area (Å²) in [7, 11) is 0. The molecule has 0 spiro atoms. The minimum atomic E-state index is -0.411. The van der Waals surface area contributed by atoms with Crippen LogP contribution in [0.2, 0.25) is 0 Å². The van der Waals surface area contributed by atoms with Crippen LogP contribution in [-0.4, -0.2) is 35.4 Å². The molecule has 0 radical (unpaired) electrons. The molecule has 1 aliphatic rings. The second-order valence-electron chi connectivity index (χ2n) is 6.86. The van der Waals surface area contributed by atoms with E-state index in [1.807, 2.05) is 20.8 Å². The van der Waals surface area contributed by atoms with Crippen LogP contribution in [0.25, 0.3) is 0 Å². The Kier molecular flexibility index (Phi) is 7.39. The third-order valence-corrected chi connectivity index (χ3v) is 5.07. The smallest absolute Gasteiger partial charge is 0.325 e. The average Bonchev–Trinajstić information content (AvgIpc) is 2.93. The van der Waals surface area contributed by atoms with Crippen LogP contribution in [0, 0.1) is 11.3 Å². The first-order chi connectivity index (χ1) is 10.2. The molecule has 126 valence electrons. The third-order valence-electron chi connectivity index (χ3n) is 3.53. The lowest BCUT2D eigenvalue weighted by Crippen LogP contribution is -2.36. The van der Waals surface area contributed by atoms with Crippen LogP contribution in [0.15, 0.2) is 0 Å². The molecule has 1 rings (SSSR count). The molecule has 0 saturated heterocycles. The topological polar surface area (TPSA) is 72.5 Å². The molecule has 0 aromatic carbocycles. The minimum Gasteiger partial charge on any atom is -0.461 e. The van der Waals surface area contributed by atoms with Crippen LogP contribution in [0.5, 0.6) is 0 Å². The van der Waals surface area contributed by atoms with Gasteiger partial charge in [0.05, 0.1) is 0 Å². The van der Waals surface area contributed by atoms with Crippen LogP contribution in [0.1, 0.15) is 53.4 Å². The Morgan fingerprint density at radius 3 is 2.36 bits per heavy atom. The second kappa shape index (κ2) is 8.56. The van der Waals surface area contributed by atoms with Gasteiger partial charge in [-0.1, -0.05) is 39.5 Å². The molecule has 0 aromatic rings. The molecule has 1 fully saturated rings. The van der Waals surface area contributed by atoms with E-state index < -0.39 is 5.41 Å². The molecule has 6 heteroatoms. The number of thioether (sulfide) groups is 1. The van der Waals surface area contributed by atoms with E-state index in [4.69, 9.17) is 4.74 Å². The number of carbonyl (C=O) groups excluding carboxylic acids is 3. The lowest BCUT2D eigenvalue weighted by molar-refractivity contribution is -0.148. The van der Waals surface area contributed by atoms with Gasteiger partial charge in [0.15, 0.2) is 5.12 Å². The molecule has 5 nitrogen and oxygen atoms in total. The summed E-state index contributed by atoms with van der Waals surface area (Å²) in [5, 5.41) is 2.64. The van der Waals surface area contributed by atoms with E-state index in [0.717, 1.165) is 37.4 Å². The predicted octanol–water partition coefficient (Wildman–Crippen LogP) is 2.53. The fourth-order valence-electron chi connectivity index (χ4n) is 2.06. The number of esters is 1. The van der Waals surface area contributed by atoms with Crippen molar-refractivity contribution in [3.05, 3.63) is 0 Å². The molecule has 22 heavy (non-hydrogen) atoms. The van der Waals surface area contributed by atoms with Gasteiger partial charge < -0.3 is 10.1 Å². The monoisotopic (exact) mass is 329 g/mol. The molecular formula is C16H27NO4S. The van der Waals surface area contributed by atoms with E-state index in [0.29, 0.717) is 5.75 Å². The van der Waals surface area contributed by atoms with Crippen molar-refractivity contribution in [2.75, 3.05) is 12.3 Å². The second-order valence-corrected chi connectivity index (χ2v) is 7.86. The third kappa shape index (κ3) is 6.81. The zero-order chi connectivity index (χ0) is 16.8. The van der Waals surface area contributed by atoms with Crippen molar-refractivity contribution in [2.24, 2.45) is 11.3 Å². The van der Waals surface area contributed by atoms with Gasteiger partial charge in [0.25, 0.3) is 0 Å². The van der Waals surface area contributed by atoms with Gasteiger partial charge in [-0.3, -0.25) is 14.4 Å². The van der Waals surface area contributed by atoms with Gasteiger partial charge >= 0.3 is 5.97 Å². The number of nitrogens with one attached hydrogen (secondary N) is 1. The molecule has 1 atom stereocenters. The Hall–Kier alpha value is -1.04. The summed E-state index contributed by atoms with van der Waals surface area (Å²) in [6, 6.07) is 0. The summed E-state index contributed by atoms with van der Waals surface area (Å²) in [5.74, 6) is -0.515. The van der Waals surface area contributed by atoms with Crippen molar-refractivity contribution in [2.45, 2.75) is 59.5 Å². The highest BCUT2D eigenvalue weighted by atomic mass is 32.2. The van der Waals surface area contributed by atoms with Crippen molar-refractivity contribution in [3.63, 3.8) is 0 Å². The summed E-state index contributed by atoms with van der Waals surface area (Å²) >= 11 is 1.16. The SMILES string of the molecule is CC(CSC(=O)C(C)(C)C)C(=O)NCC(=O)OC1CCCC1. The molecule has 1 saturated carbocycles. The standard InChI is InChI=1S/C16H27NO4S/c1-11(10-22-15(20)16(2,3)4)14(19)17-9-13(18)21-12-7-5-6-8-12/h11-12H,5-10H2,1-4H3,(H,17,19). The van der Waals surface area contributed by atoms with Gasteiger partial charge in [-0.15, -0.1) is 0 Å². The normalized spacial score (nSPS) is 17.1. The number of amides is 1. The quantitative estimate of drug-likeness (QED) is 0.758. The highest BCUT2D eigenvalue weighted by molar-refractivity contribution is 8.13. The Balaban J connectivity index is 2.23. The molecule has 0 heterocycles. The Bertz CT molecular complexity index is 411. The highest BCUT2D eigenvalue weighted by Crippen LogP contribution is 2.24. The molecule has 1 N–H and O–H groups in total. The predicted molar refractivity (Wildman–Crippen MR) is 87.4 cm³/mol. The van der Waals surface area contributed by atoms with Gasteiger partial charge in [0.1, 0.15) is 12.6 Å². The zero-order valence-electron chi connectivity index (χ0n) is 13.9. The van der Waals surface area contributed by atoms with E-state index in [2.05, 4.69) is 5.32 Å². The fourth-order valence-corrected chi connectivity index (χ4v) is 3.05. The maximum absolute atomic E-state index is 11.9. The summed E-state index contributed by atoms with van der Waals surface area (Å²) in [6.07, 6.45) is 4.05. The van der Waals surface area contributed by atoms with Gasteiger partial charge in [0, 0.05) is 17.1 Å². The van der Waals surface area contributed by atoms with Gasteiger partial charge in [0.2, 0.25) is 5.91 Å². The maximum Gasteiger partial charge on any atom is 0.325 e. The first-order valence-corrected chi connectivity index (χ1v) is 8.83. The van der Waals surface area contributed by atoms with Crippen molar-refractivity contribution in [3.8, 4) is 0 Å². The van der Waals surface area contributed by atoms with Crippen molar-refractivity contribution < 1.29 is 19.1 Å². The van der Waals surface area contributed by atoms with Crippen molar-refractivity contribution in [1.82, 2.24) is 5.32 Å². The molecule has 0 aliphatic heterocycles. The molecule has 1 unspecified atom stereocenters. The van der Waals surface area contributed by atoms with E-state index in [1.165, 1.54) is 0 Å². The maximum atomic E-state index is 11.9. The van der Waals surface area contributed by atoms with Gasteiger partial charge in [-0.05, 0) is 25.7 Å². The van der Waals surface area contributed by atoms with E-state index >= 15 is 0 Å². The Morgan fingerprint density at radius 2 is 1.82 bits per heavy atom. The van der Waals surface area contributed by atoms with Crippen LogP contribution in [0.3, 0.4) is 0 Å². The minimum absolute atomic E-state index is 0.0155. The Morgan fingerprint density at radius 1 is 1.23 bits per heavy atom. The molecule has 1 amide bonds. The highest BCUT2D eigenvalue weighted by Gasteiger charge is 2.24. The number of ether oxygens (including phenoxy) is 1. The van der Waals surface area contributed by atoms with E-state index in [-0.39, 0.29) is 35.6 Å². The lowest BCUT2D eigenvalue weighted by Gasteiger charge is -2.17. The molecule has 0 bridgehead atoms. The van der Waals surface area contributed by atoms with Crippen LogP contribution in [-0.2, 0) is 19.1 Å². The summed E-state index contributed by atoms with van der Waals surface area (Å²) in [6.45, 7) is 7.21. The largest absolute Gasteiger partial charge is 0.461 e. The van der Waals surface area contributed by atoms with Crippen LogP contribution < -0.4 is 5.32 Å². The summed E-state index contributed by atoms with van der Waals surface area (Å²) in [5.41, 5.74) is -0.411. The van der Waals surface area contributed by atoms with Gasteiger partial charge in [-0.2, -0.15) is 0 Å². The number of carbonyl (C=O) groups is 3. The summed E-state index contributed by atoms with van der Waals surface area (Å²) < 4.78 is 5.27. The van der Waals surface area contributed by atoms with Gasteiger partial charge in [-0.25, -0.2) is 0 Å². The average molecular weight is 329 g/mol. The zero-order valence-corrected chi connectivity index (χ0v) is 14.8. The lowest BCUT2D eigenvalue weighted by atomic mass is 10.00. The number of rotatable bonds is 6. The number of hydrogen-bond donors (Lipinski definition) is 1. The van der Waals surface area contributed by atoms with Crippen LogP contribution in [0.4, 0.5) is 0 Å². The first kappa shape index (κ1) is 19.0. The first-order valence-electron chi connectivity index (χ1n) is 7.84. The van der Waals surface area contributed by atoms with Crippen LogP contribution >= 0.6 is 11.8 Å².